The van der Waals surface area contributed by atoms with Gasteiger partial charge in [0.2, 0.25) is 0 Å². The fourth-order valence-electron chi connectivity index (χ4n) is 3.56. The Bertz CT molecular complexity index is 801. The fraction of sp³-hybridized carbons (Fsp3) is 0.286. The zero-order valence-corrected chi connectivity index (χ0v) is 14.4. The highest BCUT2D eigenvalue weighted by atomic mass is 16.6. The molecule has 2 aliphatic rings. The molecule has 0 aliphatic carbocycles. The molecular formula is C21H21NO4. The SMILES string of the molecule is O=C(OCc1ccccc1)N1C2C=C(c3ccc(O)cc3)CC1COC2. The third-order valence-corrected chi connectivity index (χ3v) is 4.85. The number of carbonyl (C=O) groups is 1. The minimum absolute atomic E-state index is 0.0363. The van der Waals surface area contributed by atoms with Crippen molar-refractivity contribution in [2.45, 2.75) is 25.1 Å². The van der Waals surface area contributed by atoms with Gasteiger partial charge in [0, 0.05) is 0 Å². The summed E-state index contributed by atoms with van der Waals surface area (Å²) in [5.74, 6) is 0.250. The predicted molar refractivity (Wildman–Crippen MR) is 97.6 cm³/mol. The Morgan fingerprint density at radius 2 is 1.88 bits per heavy atom. The molecule has 2 bridgehead atoms. The van der Waals surface area contributed by atoms with E-state index in [9.17, 15) is 9.90 Å². The highest BCUT2D eigenvalue weighted by molar-refractivity contribution is 5.74. The van der Waals surface area contributed by atoms with Gasteiger partial charge in [-0.1, -0.05) is 48.5 Å². The molecule has 2 unspecified atom stereocenters. The fourth-order valence-corrected chi connectivity index (χ4v) is 3.56. The van der Waals surface area contributed by atoms with Crippen LogP contribution in [0.5, 0.6) is 5.75 Å². The molecule has 0 radical (unpaired) electrons. The molecule has 1 fully saturated rings. The summed E-state index contributed by atoms with van der Waals surface area (Å²) in [6.07, 6.45) is 2.49. The minimum atomic E-state index is -0.298. The molecule has 1 saturated heterocycles. The molecule has 2 heterocycles. The van der Waals surface area contributed by atoms with Crippen LogP contribution in [0.4, 0.5) is 4.79 Å². The van der Waals surface area contributed by atoms with Crippen molar-refractivity contribution in [3.8, 4) is 5.75 Å². The van der Waals surface area contributed by atoms with E-state index in [1.54, 1.807) is 17.0 Å². The lowest BCUT2D eigenvalue weighted by Gasteiger charge is -2.43. The number of morpholine rings is 1. The number of carbonyl (C=O) groups excluding carboxylic acids is 1. The first kappa shape index (κ1) is 16.7. The highest BCUT2D eigenvalue weighted by Gasteiger charge is 2.39. The van der Waals surface area contributed by atoms with Crippen LogP contribution in [0.25, 0.3) is 5.57 Å². The standard InChI is InChI=1S/C21H21NO4/c23-20-8-6-16(7-9-20)17-10-18-13-25-14-19(11-17)22(18)21(24)26-12-15-4-2-1-3-5-15/h1-10,18-19,23H,11-14H2. The van der Waals surface area contributed by atoms with Crippen LogP contribution in [-0.2, 0) is 16.1 Å². The van der Waals surface area contributed by atoms with E-state index >= 15 is 0 Å². The van der Waals surface area contributed by atoms with Crippen LogP contribution >= 0.6 is 0 Å². The first-order chi connectivity index (χ1) is 12.7. The third-order valence-electron chi connectivity index (χ3n) is 4.85. The maximum atomic E-state index is 12.7. The largest absolute Gasteiger partial charge is 0.508 e. The van der Waals surface area contributed by atoms with Gasteiger partial charge in [-0.15, -0.1) is 0 Å². The summed E-state index contributed by atoms with van der Waals surface area (Å²) in [6.45, 7) is 1.25. The van der Waals surface area contributed by atoms with E-state index in [4.69, 9.17) is 9.47 Å². The molecule has 2 atom stereocenters. The molecule has 2 aromatic rings. The Morgan fingerprint density at radius 1 is 1.12 bits per heavy atom. The van der Waals surface area contributed by atoms with Gasteiger partial charge in [0.15, 0.2) is 0 Å². The Morgan fingerprint density at radius 3 is 2.62 bits per heavy atom. The lowest BCUT2D eigenvalue weighted by atomic mass is 9.90. The van der Waals surface area contributed by atoms with Crippen LogP contribution in [-0.4, -0.2) is 41.4 Å². The number of ether oxygens (including phenoxy) is 2. The number of amides is 1. The third kappa shape index (κ3) is 3.44. The van der Waals surface area contributed by atoms with E-state index in [1.807, 2.05) is 42.5 Å². The molecule has 2 aromatic carbocycles. The van der Waals surface area contributed by atoms with Crippen molar-refractivity contribution in [2.24, 2.45) is 0 Å². The maximum absolute atomic E-state index is 12.7. The molecule has 5 nitrogen and oxygen atoms in total. The van der Waals surface area contributed by atoms with Gasteiger partial charge in [-0.05, 0) is 35.3 Å². The molecule has 1 N–H and O–H groups in total. The summed E-state index contributed by atoms with van der Waals surface area (Å²) >= 11 is 0. The number of rotatable bonds is 3. The summed E-state index contributed by atoms with van der Waals surface area (Å²) in [6, 6.07) is 16.7. The number of hydrogen-bond donors (Lipinski definition) is 1. The van der Waals surface area contributed by atoms with Gasteiger partial charge in [-0.2, -0.15) is 0 Å². The second kappa shape index (κ2) is 7.22. The van der Waals surface area contributed by atoms with Gasteiger partial charge < -0.3 is 14.6 Å². The zero-order chi connectivity index (χ0) is 17.9. The van der Waals surface area contributed by atoms with E-state index in [-0.39, 0.29) is 30.5 Å². The first-order valence-electron chi connectivity index (χ1n) is 8.77. The number of hydrogen-bond acceptors (Lipinski definition) is 4. The number of phenols is 1. The Hall–Kier alpha value is -2.79. The minimum Gasteiger partial charge on any atom is -0.508 e. The van der Waals surface area contributed by atoms with Gasteiger partial charge in [0.25, 0.3) is 0 Å². The summed E-state index contributed by atoms with van der Waals surface area (Å²) in [5.41, 5.74) is 3.21. The van der Waals surface area contributed by atoms with E-state index in [0.29, 0.717) is 19.6 Å². The summed E-state index contributed by atoms with van der Waals surface area (Å²) in [4.78, 5) is 14.5. The summed E-state index contributed by atoms with van der Waals surface area (Å²) in [5, 5.41) is 9.48. The molecule has 0 saturated carbocycles. The van der Waals surface area contributed by atoms with Crippen LogP contribution in [0.15, 0.2) is 60.7 Å². The summed E-state index contributed by atoms with van der Waals surface area (Å²) in [7, 11) is 0. The predicted octanol–water partition coefficient (Wildman–Crippen LogP) is 3.59. The topological polar surface area (TPSA) is 59.0 Å². The molecule has 134 valence electrons. The van der Waals surface area contributed by atoms with E-state index < -0.39 is 0 Å². The Balaban J connectivity index is 1.49. The Labute approximate surface area is 152 Å². The first-order valence-corrected chi connectivity index (χ1v) is 8.77. The zero-order valence-electron chi connectivity index (χ0n) is 14.4. The average molecular weight is 351 g/mol. The molecule has 26 heavy (non-hydrogen) atoms. The molecule has 5 heteroatoms. The van der Waals surface area contributed by atoms with Crippen molar-refractivity contribution in [1.29, 1.82) is 0 Å². The van der Waals surface area contributed by atoms with Crippen molar-refractivity contribution in [3.63, 3.8) is 0 Å². The molecule has 0 aromatic heterocycles. The quantitative estimate of drug-likeness (QED) is 0.918. The van der Waals surface area contributed by atoms with Crippen LogP contribution in [0.1, 0.15) is 17.5 Å². The molecule has 0 spiro atoms. The molecule has 1 amide bonds. The van der Waals surface area contributed by atoms with Gasteiger partial charge >= 0.3 is 6.09 Å². The van der Waals surface area contributed by atoms with Gasteiger partial charge in [0.1, 0.15) is 12.4 Å². The maximum Gasteiger partial charge on any atom is 0.411 e. The van der Waals surface area contributed by atoms with Crippen molar-refractivity contribution < 1.29 is 19.4 Å². The van der Waals surface area contributed by atoms with Crippen LogP contribution < -0.4 is 0 Å². The second-order valence-electron chi connectivity index (χ2n) is 6.65. The smallest absolute Gasteiger partial charge is 0.411 e. The number of phenolic OH excluding ortho intramolecular Hbond substituents is 1. The van der Waals surface area contributed by atoms with E-state index in [0.717, 1.165) is 11.1 Å². The van der Waals surface area contributed by atoms with Crippen LogP contribution in [0, 0.1) is 0 Å². The second-order valence-corrected chi connectivity index (χ2v) is 6.65. The van der Waals surface area contributed by atoms with Crippen LogP contribution in [0.2, 0.25) is 0 Å². The van der Waals surface area contributed by atoms with E-state index in [1.165, 1.54) is 5.57 Å². The normalized spacial score (nSPS) is 21.8. The van der Waals surface area contributed by atoms with E-state index in [2.05, 4.69) is 6.08 Å². The van der Waals surface area contributed by atoms with Gasteiger partial charge in [-0.25, -0.2) is 4.79 Å². The van der Waals surface area contributed by atoms with Crippen molar-refractivity contribution in [2.75, 3.05) is 13.2 Å². The highest BCUT2D eigenvalue weighted by Crippen LogP contribution is 2.33. The van der Waals surface area contributed by atoms with Crippen molar-refractivity contribution >= 4 is 11.7 Å². The average Bonchev–Trinajstić information content (AvgIpc) is 2.66. The number of fused-ring (bicyclic) bond motifs is 2. The lowest BCUT2D eigenvalue weighted by molar-refractivity contribution is -0.0342. The van der Waals surface area contributed by atoms with Gasteiger partial charge in [0.05, 0.1) is 25.3 Å². The number of benzene rings is 2. The van der Waals surface area contributed by atoms with Gasteiger partial charge in [-0.3, -0.25) is 4.90 Å². The monoisotopic (exact) mass is 351 g/mol. The molecule has 2 aliphatic heterocycles. The molecule has 4 rings (SSSR count). The number of nitrogens with zero attached hydrogens (tertiary/aromatic N) is 1. The van der Waals surface area contributed by atoms with Crippen molar-refractivity contribution in [3.05, 3.63) is 71.8 Å². The molecular weight excluding hydrogens is 330 g/mol. The lowest BCUT2D eigenvalue weighted by Crippen LogP contribution is -2.56. The number of aromatic hydroxyl groups is 1. The Kier molecular flexibility index (Phi) is 4.63. The van der Waals surface area contributed by atoms with Crippen LogP contribution in [0.3, 0.4) is 0 Å². The summed E-state index contributed by atoms with van der Waals surface area (Å²) < 4.78 is 11.2. The van der Waals surface area contributed by atoms with Crippen molar-refractivity contribution in [1.82, 2.24) is 4.90 Å².